The highest BCUT2D eigenvalue weighted by Gasteiger charge is 2.18. The maximum Gasteiger partial charge on any atom is 0.160 e. The quantitative estimate of drug-likeness (QED) is 0.735. The van der Waals surface area contributed by atoms with Gasteiger partial charge in [0.15, 0.2) is 11.5 Å². The Morgan fingerprint density at radius 2 is 2.26 bits per heavy atom. The normalized spacial score (nSPS) is 14.7. The van der Waals surface area contributed by atoms with Crippen LogP contribution >= 0.6 is 0 Å². The van der Waals surface area contributed by atoms with Gasteiger partial charge in [-0.2, -0.15) is 5.10 Å². The first-order chi connectivity index (χ1) is 11.2. The minimum atomic E-state index is 0.190. The van der Waals surface area contributed by atoms with Crippen molar-refractivity contribution in [2.75, 3.05) is 7.11 Å². The molecule has 0 bridgehead atoms. The van der Waals surface area contributed by atoms with E-state index < -0.39 is 0 Å². The van der Waals surface area contributed by atoms with Crippen LogP contribution < -0.4 is 10.1 Å². The number of aryl methyl sites for hydroxylation is 2. The summed E-state index contributed by atoms with van der Waals surface area (Å²) in [7, 11) is 1.57. The van der Waals surface area contributed by atoms with E-state index in [1.807, 2.05) is 12.1 Å². The van der Waals surface area contributed by atoms with E-state index in [2.05, 4.69) is 22.4 Å². The molecule has 3 N–H and O–H groups in total. The number of aromatic hydroxyl groups is 1. The van der Waals surface area contributed by atoms with Crippen LogP contribution in [0.4, 0.5) is 0 Å². The van der Waals surface area contributed by atoms with Crippen molar-refractivity contribution in [3.05, 3.63) is 40.7 Å². The van der Waals surface area contributed by atoms with E-state index in [0.717, 1.165) is 32.2 Å². The summed E-state index contributed by atoms with van der Waals surface area (Å²) in [6.07, 6.45) is 5.52. The number of fused-ring (bicyclic) bond motifs is 1. The fourth-order valence-electron chi connectivity index (χ4n) is 3.17. The van der Waals surface area contributed by atoms with Crippen molar-refractivity contribution < 1.29 is 9.84 Å². The fourth-order valence-corrected chi connectivity index (χ4v) is 3.17. The van der Waals surface area contributed by atoms with Crippen LogP contribution in [0.5, 0.6) is 11.5 Å². The van der Waals surface area contributed by atoms with E-state index in [4.69, 9.17) is 4.74 Å². The number of aromatic nitrogens is 2. The fraction of sp³-hybridized carbons (Fsp3) is 0.500. The zero-order chi connectivity index (χ0) is 16.2. The average molecular weight is 315 g/mol. The van der Waals surface area contributed by atoms with Crippen molar-refractivity contribution in [3.8, 4) is 11.5 Å². The Labute approximate surface area is 137 Å². The zero-order valence-electron chi connectivity index (χ0n) is 13.9. The number of phenols is 1. The molecule has 124 valence electrons. The number of nitrogens with zero attached hydrogens (tertiary/aromatic N) is 1. The molecule has 5 nitrogen and oxygen atoms in total. The zero-order valence-corrected chi connectivity index (χ0v) is 13.9. The maximum atomic E-state index is 9.63. The monoisotopic (exact) mass is 315 g/mol. The van der Waals surface area contributed by atoms with Gasteiger partial charge in [-0.1, -0.05) is 6.07 Å². The van der Waals surface area contributed by atoms with Crippen molar-refractivity contribution >= 4 is 0 Å². The van der Waals surface area contributed by atoms with Crippen LogP contribution in [-0.4, -0.2) is 28.5 Å². The number of benzene rings is 1. The SMILES string of the molecule is COc1cc(CC[C@@H](C)NCc2n[nH]c3c2CCC3)ccc1O. The van der Waals surface area contributed by atoms with Gasteiger partial charge >= 0.3 is 0 Å². The molecular weight excluding hydrogens is 290 g/mol. The summed E-state index contributed by atoms with van der Waals surface area (Å²) in [6.45, 7) is 3.02. The molecule has 0 amide bonds. The molecule has 0 fully saturated rings. The molecular formula is C18H25N3O2. The highest BCUT2D eigenvalue weighted by Crippen LogP contribution is 2.27. The number of nitrogens with one attached hydrogen (secondary N) is 2. The summed E-state index contributed by atoms with van der Waals surface area (Å²) in [6, 6.07) is 5.95. The third kappa shape index (κ3) is 3.67. The first kappa shape index (κ1) is 15.9. The van der Waals surface area contributed by atoms with Gasteiger partial charge in [0.2, 0.25) is 0 Å². The topological polar surface area (TPSA) is 70.2 Å². The molecule has 0 unspecified atom stereocenters. The lowest BCUT2D eigenvalue weighted by Crippen LogP contribution is -2.26. The van der Waals surface area contributed by atoms with Gasteiger partial charge in [-0.25, -0.2) is 0 Å². The van der Waals surface area contributed by atoms with Crippen LogP contribution in [0, 0.1) is 0 Å². The third-order valence-corrected chi connectivity index (χ3v) is 4.62. The number of hydrogen-bond donors (Lipinski definition) is 3. The maximum absolute atomic E-state index is 9.63. The van der Waals surface area contributed by atoms with Crippen LogP contribution in [-0.2, 0) is 25.8 Å². The second-order valence-corrected chi connectivity index (χ2v) is 6.31. The standard InChI is InChI=1S/C18H25N3O2/c1-12(6-7-13-8-9-17(22)18(10-13)23-2)19-11-16-14-4-3-5-15(14)20-21-16/h8-10,12,19,22H,3-7,11H2,1-2H3,(H,20,21)/t12-/m1/s1. The van der Waals surface area contributed by atoms with Crippen molar-refractivity contribution in [1.29, 1.82) is 0 Å². The Morgan fingerprint density at radius 1 is 1.39 bits per heavy atom. The summed E-state index contributed by atoms with van der Waals surface area (Å²) in [5.74, 6) is 0.727. The Morgan fingerprint density at radius 3 is 3.09 bits per heavy atom. The number of aromatic amines is 1. The highest BCUT2D eigenvalue weighted by molar-refractivity contribution is 5.41. The van der Waals surface area contributed by atoms with Crippen LogP contribution in [0.25, 0.3) is 0 Å². The molecule has 0 saturated heterocycles. The minimum absolute atomic E-state index is 0.190. The van der Waals surface area contributed by atoms with Crippen LogP contribution in [0.3, 0.4) is 0 Å². The molecule has 1 aromatic carbocycles. The van der Waals surface area contributed by atoms with E-state index >= 15 is 0 Å². The second-order valence-electron chi connectivity index (χ2n) is 6.31. The van der Waals surface area contributed by atoms with Gasteiger partial charge in [-0.3, -0.25) is 5.10 Å². The van der Waals surface area contributed by atoms with E-state index in [1.165, 1.54) is 28.9 Å². The smallest absolute Gasteiger partial charge is 0.160 e. The molecule has 0 radical (unpaired) electrons. The summed E-state index contributed by atoms with van der Waals surface area (Å²) in [5, 5.41) is 20.8. The number of methoxy groups -OCH3 is 1. The summed E-state index contributed by atoms with van der Waals surface area (Å²) in [4.78, 5) is 0. The van der Waals surface area contributed by atoms with Gasteiger partial charge in [0.05, 0.1) is 12.8 Å². The first-order valence-electron chi connectivity index (χ1n) is 8.31. The number of H-pyrrole nitrogens is 1. The Hall–Kier alpha value is -2.01. The number of phenolic OH excluding ortho intramolecular Hbond substituents is 1. The average Bonchev–Trinajstić information content (AvgIpc) is 3.16. The number of hydrogen-bond acceptors (Lipinski definition) is 4. The first-order valence-corrected chi connectivity index (χ1v) is 8.31. The van der Waals surface area contributed by atoms with Crippen LogP contribution in [0.2, 0.25) is 0 Å². The Bertz CT molecular complexity index is 666. The van der Waals surface area contributed by atoms with Crippen LogP contribution in [0.1, 0.15) is 42.3 Å². The summed E-state index contributed by atoms with van der Waals surface area (Å²) >= 11 is 0. The van der Waals surface area contributed by atoms with Gasteiger partial charge in [0.25, 0.3) is 0 Å². The van der Waals surface area contributed by atoms with E-state index in [1.54, 1.807) is 13.2 Å². The van der Waals surface area contributed by atoms with Gasteiger partial charge in [0.1, 0.15) is 0 Å². The highest BCUT2D eigenvalue weighted by atomic mass is 16.5. The van der Waals surface area contributed by atoms with Gasteiger partial charge in [-0.05, 0) is 62.3 Å². The van der Waals surface area contributed by atoms with Gasteiger partial charge in [0, 0.05) is 18.3 Å². The third-order valence-electron chi connectivity index (χ3n) is 4.62. The van der Waals surface area contributed by atoms with Gasteiger partial charge in [-0.15, -0.1) is 0 Å². The molecule has 1 heterocycles. The number of rotatable bonds is 7. The molecule has 2 aromatic rings. The van der Waals surface area contributed by atoms with E-state index in [9.17, 15) is 5.11 Å². The molecule has 1 aliphatic rings. The Kier molecular flexibility index (Phi) is 4.86. The molecule has 1 atom stereocenters. The predicted octanol–water partition coefficient (Wildman–Crippen LogP) is 2.72. The molecule has 1 aliphatic carbocycles. The molecule has 3 rings (SSSR count). The predicted molar refractivity (Wildman–Crippen MR) is 89.9 cm³/mol. The molecule has 0 spiro atoms. The molecule has 5 heteroatoms. The van der Waals surface area contributed by atoms with Crippen LogP contribution in [0.15, 0.2) is 18.2 Å². The lowest BCUT2D eigenvalue weighted by atomic mass is 10.1. The lowest BCUT2D eigenvalue weighted by Gasteiger charge is -2.14. The second kappa shape index (κ2) is 7.04. The lowest BCUT2D eigenvalue weighted by molar-refractivity contribution is 0.372. The number of ether oxygens (including phenoxy) is 1. The van der Waals surface area contributed by atoms with Crippen molar-refractivity contribution in [2.24, 2.45) is 0 Å². The van der Waals surface area contributed by atoms with E-state index in [0.29, 0.717) is 11.8 Å². The van der Waals surface area contributed by atoms with E-state index in [-0.39, 0.29) is 5.75 Å². The minimum Gasteiger partial charge on any atom is -0.504 e. The molecule has 23 heavy (non-hydrogen) atoms. The largest absolute Gasteiger partial charge is 0.504 e. The molecule has 0 saturated carbocycles. The van der Waals surface area contributed by atoms with Crippen molar-refractivity contribution in [3.63, 3.8) is 0 Å². The van der Waals surface area contributed by atoms with Gasteiger partial charge < -0.3 is 15.2 Å². The summed E-state index contributed by atoms with van der Waals surface area (Å²) < 4.78 is 5.15. The van der Waals surface area contributed by atoms with Crippen molar-refractivity contribution in [2.45, 2.75) is 51.6 Å². The Balaban J connectivity index is 1.48. The molecule has 1 aromatic heterocycles. The summed E-state index contributed by atoms with van der Waals surface area (Å²) in [5.41, 5.74) is 5.10. The molecule has 0 aliphatic heterocycles. The van der Waals surface area contributed by atoms with Crippen molar-refractivity contribution in [1.82, 2.24) is 15.5 Å².